The Hall–Kier alpha value is -0.610. The predicted molar refractivity (Wildman–Crippen MR) is 41.2 cm³/mol. The quantitative estimate of drug-likeness (QED) is 0.555. The molecule has 0 saturated heterocycles. The lowest BCUT2D eigenvalue weighted by atomic mass is 10.2. The number of carboxylic acids is 1. The molecule has 0 saturated carbocycles. The number of hydrogen-bond donors (Lipinski definition) is 2. The van der Waals surface area contributed by atoms with Gasteiger partial charge in [0.15, 0.2) is 0 Å². The maximum Gasteiger partial charge on any atom is 0.306 e. The first-order valence-corrected chi connectivity index (χ1v) is 2.48. The lowest BCUT2D eigenvalue weighted by Gasteiger charge is -2.25. The number of aliphatic carboxylic acids is 1. The fourth-order valence-electron chi connectivity index (χ4n) is 0.364. The van der Waals surface area contributed by atoms with Crippen LogP contribution in [0, 0.1) is 0 Å². The molecule has 0 aromatic rings. The van der Waals surface area contributed by atoms with Crippen molar-refractivity contribution in [3.05, 3.63) is 0 Å². The molecule has 0 amide bonds. The van der Waals surface area contributed by atoms with Crippen molar-refractivity contribution in [3.63, 3.8) is 0 Å². The van der Waals surface area contributed by atoms with Gasteiger partial charge in [0, 0.05) is 0 Å². The van der Waals surface area contributed by atoms with E-state index in [4.69, 9.17) is 23.0 Å². The second-order valence-electron chi connectivity index (χ2n) is 1.78. The van der Waals surface area contributed by atoms with Gasteiger partial charge in [0.25, 0.3) is 0 Å². The van der Waals surface area contributed by atoms with Crippen LogP contribution < -0.4 is 0 Å². The van der Waals surface area contributed by atoms with Gasteiger partial charge in [-0.15, -0.1) is 0 Å². The molecule has 0 radical (unpaired) electrons. The average Bonchev–Trinajstić information content (AvgIpc) is 2.20. The SMILES string of the molecule is [2H]O[C@]([2H])(CC(=O)O)C([2H])([2H])[N+](C([2H])([2H])[2H])(C([2H])([2H])[2H])C([2H])([2H])[2H]. The first-order valence-electron chi connectivity index (χ1n) is 8.89. The number of aliphatic hydroxyl groups is 1. The zero-order valence-corrected chi connectivity index (χ0v) is 5.42. The van der Waals surface area contributed by atoms with Gasteiger partial charge in [-0.1, -0.05) is 0 Å². The van der Waals surface area contributed by atoms with E-state index in [1.807, 2.05) is 0 Å². The summed E-state index contributed by atoms with van der Waals surface area (Å²) in [6, 6.07) is 0. The van der Waals surface area contributed by atoms with Crippen LogP contribution in [0.5, 0.6) is 0 Å². The molecule has 66 valence electrons. The summed E-state index contributed by atoms with van der Waals surface area (Å²) in [5.41, 5.74) is 0. The van der Waals surface area contributed by atoms with E-state index in [1.54, 1.807) is 0 Å². The van der Waals surface area contributed by atoms with Crippen LogP contribution in [0.3, 0.4) is 0 Å². The molecule has 0 rings (SSSR count). The fraction of sp³-hybridized carbons (Fsp3) is 0.857. The van der Waals surface area contributed by atoms with Gasteiger partial charge in [-0.3, -0.25) is 4.79 Å². The van der Waals surface area contributed by atoms with Gasteiger partial charge >= 0.3 is 5.97 Å². The van der Waals surface area contributed by atoms with E-state index in [1.165, 1.54) is 0 Å². The number of carbonyl (C=O) groups is 1. The summed E-state index contributed by atoms with van der Waals surface area (Å²) < 4.78 is 92.8. The van der Waals surface area contributed by atoms with Crippen LogP contribution in [-0.4, -0.2) is 55.6 Å². The molecule has 0 heterocycles. The number of quaternary nitrogens is 1. The molecule has 4 heteroatoms. The standard InChI is InChI=1S/C7H15NO3/c1-8(2,3)5-6(9)4-7(10)11/h6,9H,4-5H2,1-3H3/p+1/t6-/m1/s1/i1D3,2D3,3D3,5D2,6D,9D. The predicted octanol–water partition coefficient (Wildman–Crippen LogP) is -0.472. The molecule has 0 aliphatic carbocycles. The summed E-state index contributed by atoms with van der Waals surface area (Å²) in [4.78, 5) is 10.8. The Labute approximate surface area is 85.0 Å². The largest absolute Gasteiger partial charge is 0.481 e. The molecule has 0 bridgehead atoms. The van der Waals surface area contributed by atoms with Gasteiger partial charge in [0.1, 0.15) is 12.6 Å². The molecule has 4 nitrogen and oxygen atoms in total. The van der Waals surface area contributed by atoms with Gasteiger partial charge in [0.2, 0.25) is 1.43 Å². The molecule has 0 aliphatic heterocycles. The summed E-state index contributed by atoms with van der Waals surface area (Å²) >= 11 is 0. The number of likely N-dealkylation sites (N-methyl/N-ethyl adjacent to an activating group) is 1. The van der Waals surface area contributed by atoms with Crippen molar-refractivity contribution in [1.29, 1.82) is 1.43 Å². The van der Waals surface area contributed by atoms with E-state index in [2.05, 4.69) is 5.11 Å². The molecule has 1 atom stereocenters. The first kappa shape index (κ1) is 1.83. The Morgan fingerprint density at radius 3 is 2.91 bits per heavy atom. The van der Waals surface area contributed by atoms with E-state index in [0.717, 1.165) is 0 Å². The van der Waals surface area contributed by atoms with Crippen LogP contribution in [0.1, 0.15) is 22.9 Å². The summed E-state index contributed by atoms with van der Waals surface area (Å²) in [6.07, 6.45) is -5.32. The van der Waals surface area contributed by atoms with Crippen molar-refractivity contribution in [2.45, 2.75) is 12.5 Å². The lowest BCUT2D eigenvalue weighted by Crippen LogP contribution is -2.42. The van der Waals surface area contributed by atoms with Gasteiger partial charge in [0.05, 0.1) is 43.8 Å². The van der Waals surface area contributed by atoms with Crippen LogP contribution in [0.25, 0.3) is 0 Å². The van der Waals surface area contributed by atoms with Gasteiger partial charge < -0.3 is 14.7 Å². The van der Waals surface area contributed by atoms with Crippen LogP contribution in [0.15, 0.2) is 0 Å². The minimum absolute atomic E-state index is 1.67. The Morgan fingerprint density at radius 1 is 1.91 bits per heavy atom. The molecule has 0 aromatic heterocycles. The van der Waals surface area contributed by atoms with Crippen molar-refractivity contribution in [2.24, 2.45) is 0 Å². The maximum atomic E-state index is 10.8. The van der Waals surface area contributed by atoms with Crippen LogP contribution in [-0.2, 0) is 4.79 Å². The number of rotatable bonds is 5. The van der Waals surface area contributed by atoms with Gasteiger partial charge in [-0.25, -0.2) is 0 Å². The zero-order chi connectivity index (χ0) is 20.0. The molecule has 0 unspecified atom stereocenters. The smallest absolute Gasteiger partial charge is 0.306 e. The second kappa shape index (κ2) is 3.69. The zero-order valence-electron chi connectivity index (χ0n) is 18.4. The van der Waals surface area contributed by atoms with Gasteiger partial charge in [-0.2, -0.15) is 0 Å². The number of nitrogens with zero attached hydrogens (tertiary/aromatic N) is 1. The first-order chi connectivity index (χ1) is 10.2. The highest BCUT2D eigenvalue weighted by Crippen LogP contribution is 1.98. The molecule has 0 fully saturated rings. The maximum absolute atomic E-state index is 10.8. The third-order valence-corrected chi connectivity index (χ3v) is 0.604. The summed E-state index contributed by atoms with van der Waals surface area (Å²) in [5, 5.41) is 12.4. The van der Waals surface area contributed by atoms with Crippen LogP contribution >= 0.6 is 0 Å². The Morgan fingerprint density at radius 2 is 2.55 bits per heavy atom. The lowest BCUT2D eigenvalue weighted by molar-refractivity contribution is -0.873. The van der Waals surface area contributed by atoms with Crippen molar-refractivity contribution in [2.75, 3.05) is 27.4 Å². The van der Waals surface area contributed by atoms with Crippen LogP contribution in [0.2, 0.25) is 0 Å². The highest BCUT2D eigenvalue weighted by Gasteiger charge is 2.17. The molecular weight excluding hydrogens is 146 g/mol. The fourth-order valence-corrected chi connectivity index (χ4v) is 0.364. The third kappa shape index (κ3) is 7.29. The van der Waals surface area contributed by atoms with E-state index in [0.29, 0.717) is 0 Å². The minimum Gasteiger partial charge on any atom is -0.481 e. The summed E-state index contributed by atoms with van der Waals surface area (Å²) in [5.74, 6) is -1.93. The third-order valence-electron chi connectivity index (χ3n) is 0.604. The molecule has 0 aliphatic rings. The minimum atomic E-state index is -4.17. The molecule has 0 aromatic carbocycles. The normalized spacial score (nSPS) is 39.5. The van der Waals surface area contributed by atoms with Crippen molar-refractivity contribution in [3.8, 4) is 0 Å². The number of carboxylic acid groups (broad SMARTS) is 1. The van der Waals surface area contributed by atoms with Crippen molar-refractivity contribution >= 4 is 5.97 Å². The van der Waals surface area contributed by atoms with E-state index in [9.17, 15) is 4.79 Å². The Bertz CT molecular complexity index is 443. The van der Waals surface area contributed by atoms with E-state index < -0.39 is 50.4 Å². The van der Waals surface area contributed by atoms with Crippen molar-refractivity contribution in [1.82, 2.24) is 0 Å². The summed E-state index contributed by atoms with van der Waals surface area (Å²) in [6.45, 7) is -16.4. The van der Waals surface area contributed by atoms with E-state index >= 15 is 0 Å². The average molecular weight is 175 g/mol. The Kier molecular flexibility index (Phi) is 0.612. The van der Waals surface area contributed by atoms with Gasteiger partial charge in [-0.05, 0) is 0 Å². The second-order valence-corrected chi connectivity index (χ2v) is 1.78. The molecular formula is C7H16NO3+. The van der Waals surface area contributed by atoms with Crippen molar-refractivity contribution < 1.29 is 35.9 Å². The van der Waals surface area contributed by atoms with E-state index in [-0.39, 0.29) is 0 Å². The number of hydrogen-bond acceptors (Lipinski definition) is 2. The Balaban J connectivity index is 7.03. The molecule has 11 heavy (non-hydrogen) atoms. The highest BCUT2D eigenvalue weighted by atomic mass is 16.4. The molecule has 2 N–H and O–H groups in total. The highest BCUT2D eigenvalue weighted by molar-refractivity contribution is 5.67. The topological polar surface area (TPSA) is 57.5 Å². The monoisotopic (exact) mass is 175 g/mol. The molecule has 0 spiro atoms. The summed E-state index contributed by atoms with van der Waals surface area (Å²) in [7, 11) is 0. The van der Waals surface area contributed by atoms with Crippen LogP contribution in [0.4, 0.5) is 0 Å².